The zero-order valence-corrected chi connectivity index (χ0v) is 11.2. The van der Waals surface area contributed by atoms with E-state index in [1.54, 1.807) is 6.92 Å². The van der Waals surface area contributed by atoms with E-state index in [9.17, 15) is 4.79 Å². The summed E-state index contributed by atoms with van der Waals surface area (Å²) < 4.78 is 5.00. The highest BCUT2D eigenvalue weighted by molar-refractivity contribution is 5.94. The number of methoxy groups -OCH3 is 1. The third kappa shape index (κ3) is 3.56. The van der Waals surface area contributed by atoms with Crippen molar-refractivity contribution in [2.45, 2.75) is 39.2 Å². The third-order valence-electron chi connectivity index (χ3n) is 2.72. The lowest BCUT2D eigenvalue weighted by Crippen LogP contribution is -2.28. The van der Waals surface area contributed by atoms with Crippen LogP contribution in [0.3, 0.4) is 0 Å². The number of para-hydroxylation sites is 1. The number of carbonyl (C=O) groups excluding carboxylic acids is 1. The van der Waals surface area contributed by atoms with Gasteiger partial charge in [0.1, 0.15) is 6.10 Å². The summed E-state index contributed by atoms with van der Waals surface area (Å²) in [6, 6.07) is 7.85. The molecule has 94 valence electrons. The molecule has 1 N–H and O–H groups in total. The first-order chi connectivity index (χ1) is 7.86. The van der Waals surface area contributed by atoms with Gasteiger partial charge in [-0.1, -0.05) is 39.0 Å². The van der Waals surface area contributed by atoms with E-state index in [1.807, 2.05) is 24.3 Å². The Bertz CT molecular complexity index is 393. The molecule has 1 atom stereocenters. The molecular weight excluding hydrogens is 214 g/mol. The molecule has 0 aromatic heterocycles. The number of nitrogens with one attached hydrogen (secondary N) is 1. The maximum atomic E-state index is 11.8. The highest BCUT2D eigenvalue weighted by Gasteiger charge is 2.20. The molecule has 3 heteroatoms. The molecule has 0 heterocycles. The number of rotatable bonds is 3. The Hall–Kier alpha value is -1.35. The van der Waals surface area contributed by atoms with Gasteiger partial charge in [-0.25, -0.2) is 0 Å². The van der Waals surface area contributed by atoms with E-state index in [0.717, 1.165) is 11.3 Å². The van der Waals surface area contributed by atoms with Crippen LogP contribution in [0.2, 0.25) is 0 Å². The van der Waals surface area contributed by atoms with Crippen LogP contribution in [0, 0.1) is 0 Å². The van der Waals surface area contributed by atoms with Gasteiger partial charge in [-0.3, -0.25) is 4.79 Å². The van der Waals surface area contributed by atoms with Crippen molar-refractivity contribution in [3.63, 3.8) is 0 Å². The number of carbonyl (C=O) groups is 1. The predicted molar refractivity (Wildman–Crippen MR) is 70.2 cm³/mol. The van der Waals surface area contributed by atoms with Crippen LogP contribution >= 0.6 is 0 Å². The molecule has 0 saturated heterocycles. The summed E-state index contributed by atoms with van der Waals surface area (Å²) in [5, 5.41) is 2.90. The Kier molecular flexibility index (Phi) is 4.29. The molecule has 0 fully saturated rings. The van der Waals surface area contributed by atoms with Gasteiger partial charge >= 0.3 is 0 Å². The van der Waals surface area contributed by atoms with Crippen molar-refractivity contribution < 1.29 is 9.53 Å². The minimum atomic E-state index is -0.442. The zero-order chi connectivity index (χ0) is 13.1. The van der Waals surface area contributed by atoms with Gasteiger partial charge in [0.25, 0.3) is 5.91 Å². The van der Waals surface area contributed by atoms with Crippen LogP contribution in [0.1, 0.15) is 33.3 Å². The molecule has 1 rings (SSSR count). The van der Waals surface area contributed by atoms with Gasteiger partial charge in [0.05, 0.1) is 0 Å². The van der Waals surface area contributed by atoms with E-state index in [1.165, 1.54) is 7.11 Å². The van der Waals surface area contributed by atoms with Crippen LogP contribution in [0.15, 0.2) is 24.3 Å². The van der Waals surface area contributed by atoms with E-state index >= 15 is 0 Å². The first-order valence-electron chi connectivity index (χ1n) is 5.79. The molecular formula is C14H21NO2. The van der Waals surface area contributed by atoms with Crippen molar-refractivity contribution in [2.75, 3.05) is 12.4 Å². The molecule has 0 spiro atoms. The van der Waals surface area contributed by atoms with Crippen LogP contribution < -0.4 is 5.32 Å². The number of ether oxygens (including phenoxy) is 1. The molecule has 0 radical (unpaired) electrons. The second kappa shape index (κ2) is 5.32. The molecule has 3 nitrogen and oxygen atoms in total. The molecule has 1 amide bonds. The highest BCUT2D eigenvalue weighted by atomic mass is 16.5. The molecule has 0 saturated carbocycles. The number of amides is 1. The quantitative estimate of drug-likeness (QED) is 0.874. The van der Waals surface area contributed by atoms with Crippen molar-refractivity contribution in [1.82, 2.24) is 0 Å². The number of anilines is 1. The second-order valence-corrected chi connectivity index (χ2v) is 5.16. The van der Waals surface area contributed by atoms with Gasteiger partial charge < -0.3 is 10.1 Å². The van der Waals surface area contributed by atoms with E-state index in [2.05, 4.69) is 26.1 Å². The van der Waals surface area contributed by atoms with E-state index in [-0.39, 0.29) is 11.3 Å². The van der Waals surface area contributed by atoms with E-state index < -0.39 is 6.10 Å². The molecule has 1 unspecified atom stereocenters. The first kappa shape index (κ1) is 13.7. The second-order valence-electron chi connectivity index (χ2n) is 5.16. The summed E-state index contributed by atoms with van der Waals surface area (Å²) in [4.78, 5) is 11.8. The first-order valence-corrected chi connectivity index (χ1v) is 5.79. The zero-order valence-electron chi connectivity index (χ0n) is 11.2. The van der Waals surface area contributed by atoms with Crippen LogP contribution in [0.25, 0.3) is 0 Å². The predicted octanol–water partition coefficient (Wildman–Crippen LogP) is 2.96. The monoisotopic (exact) mass is 235 g/mol. The number of benzene rings is 1. The highest BCUT2D eigenvalue weighted by Crippen LogP contribution is 2.29. The van der Waals surface area contributed by atoms with Gasteiger partial charge in [-0.15, -0.1) is 0 Å². The Morgan fingerprint density at radius 3 is 2.41 bits per heavy atom. The Morgan fingerprint density at radius 1 is 1.29 bits per heavy atom. The minimum absolute atomic E-state index is 0.000182. The minimum Gasteiger partial charge on any atom is -0.372 e. The lowest BCUT2D eigenvalue weighted by molar-refractivity contribution is -0.124. The summed E-state index contributed by atoms with van der Waals surface area (Å²) in [5.74, 6) is -0.121. The molecule has 17 heavy (non-hydrogen) atoms. The normalized spacial score (nSPS) is 13.2. The van der Waals surface area contributed by atoms with Gasteiger partial charge in [0, 0.05) is 12.8 Å². The Labute approximate surface area is 103 Å². The van der Waals surface area contributed by atoms with Crippen LogP contribution in [0.5, 0.6) is 0 Å². The maximum Gasteiger partial charge on any atom is 0.253 e. The summed E-state index contributed by atoms with van der Waals surface area (Å²) in [5.41, 5.74) is 1.98. The fourth-order valence-electron chi connectivity index (χ4n) is 1.59. The van der Waals surface area contributed by atoms with Gasteiger partial charge in [0.2, 0.25) is 0 Å². The summed E-state index contributed by atoms with van der Waals surface area (Å²) in [6.45, 7) is 8.10. The van der Waals surface area contributed by atoms with Gasteiger partial charge in [-0.2, -0.15) is 0 Å². The van der Waals surface area contributed by atoms with E-state index in [0.29, 0.717) is 0 Å². The average Bonchev–Trinajstić information content (AvgIpc) is 2.27. The molecule has 0 aliphatic rings. The fourth-order valence-corrected chi connectivity index (χ4v) is 1.59. The summed E-state index contributed by atoms with van der Waals surface area (Å²) in [7, 11) is 1.53. The SMILES string of the molecule is COC(C)C(=O)Nc1ccccc1C(C)(C)C. The van der Waals surface area contributed by atoms with Crippen molar-refractivity contribution >= 4 is 11.6 Å². The van der Waals surface area contributed by atoms with Crippen LogP contribution in [0.4, 0.5) is 5.69 Å². The van der Waals surface area contributed by atoms with Crippen LogP contribution in [-0.2, 0) is 14.9 Å². The largest absolute Gasteiger partial charge is 0.372 e. The van der Waals surface area contributed by atoms with Gasteiger partial charge in [-0.05, 0) is 24.0 Å². The molecule has 0 aliphatic heterocycles. The molecule has 1 aromatic carbocycles. The maximum absolute atomic E-state index is 11.8. The lowest BCUT2D eigenvalue weighted by Gasteiger charge is -2.23. The summed E-state index contributed by atoms with van der Waals surface area (Å²) >= 11 is 0. The Balaban J connectivity index is 2.96. The summed E-state index contributed by atoms with van der Waals surface area (Å²) in [6.07, 6.45) is -0.442. The lowest BCUT2D eigenvalue weighted by atomic mass is 9.86. The van der Waals surface area contributed by atoms with Crippen molar-refractivity contribution in [1.29, 1.82) is 0 Å². The third-order valence-corrected chi connectivity index (χ3v) is 2.72. The topological polar surface area (TPSA) is 38.3 Å². The smallest absolute Gasteiger partial charge is 0.253 e. The standard InChI is InChI=1S/C14H21NO2/c1-10(17-5)13(16)15-12-9-7-6-8-11(12)14(2,3)4/h6-10H,1-5H3,(H,15,16). The Morgan fingerprint density at radius 2 is 1.88 bits per heavy atom. The van der Waals surface area contributed by atoms with Gasteiger partial charge in [0.15, 0.2) is 0 Å². The van der Waals surface area contributed by atoms with Crippen molar-refractivity contribution in [3.05, 3.63) is 29.8 Å². The van der Waals surface area contributed by atoms with E-state index in [4.69, 9.17) is 4.74 Å². The molecule has 0 bridgehead atoms. The fraction of sp³-hybridized carbons (Fsp3) is 0.500. The number of hydrogen-bond donors (Lipinski definition) is 1. The molecule has 1 aromatic rings. The average molecular weight is 235 g/mol. The van der Waals surface area contributed by atoms with Crippen molar-refractivity contribution in [2.24, 2.45) is 0 Å². The molecule has 0 aliphatic carbocycles. The van der Waals surface area contributed by atoms with Crippen molar-refractivity contribution in [3.8, 4) is 0 Å². The van der Waals surface area contributed by atoms with Crippen LogP contribution in [-0.4, -0.2) is 19.1 Å². The number of hydrogen-bond acceptors (Lipinski definition) is 2.